The van der Waals surface area contributed by atoms with Gasteiger partial charge in [0, 0.05) is 18.4 Å². The molecule has 1 saturated heterocycles. The zero-order valence-corrected chi connectivity index (χ0v) is 48.3. The molecular formula is C46H85N3Na2O13P2S. The van der Waals surface area contributed by atoms with Crippen LogP contribution in [0.2, 0.25) is 0 Å². The summed E-state index contributed by atoms with van der Waals surface area (Å²) in [6.45, 7) is 2.84. The second-order valence-electron chi connectivity index (χ2n) is 17.6. The molecule has 2 rings (SSSR count). The number of nitrogens with zero attached hydrogens (tertiary/aromatic N) is 2. The fourth-order valence-corrected chi connectivity index (χ4v) is 10.9. The van der Waals surface area contributed by atoms with Crippen molar-refractivity contribution in [2.75, 3.05) is 30.5 Å². The molecule has 0 spiro atoms. The van der Waals surface area contributed by atoms with Crippen LogP contribution in [0, 0.1) is 0 Å². The van der Waals surface area contributed by atoms with E-state index in [-0.39, 0.29) is 77.1 Å². The van der Waals surface area contributed by atoms with E-state index >= 15 is 0 Å². The van der Waals surface area contributed by atoms with Gasteiger partial charge in [-0.3, -0.25) is 18.5 Å². The normalized spacial score (nSPS) is 19.3. The Labute approximate surface area is 451 Å². The Kier molecular flexibility index (Phi) is 42.4. The van der Waals surface area contributed by atoms with E-state index in [9.17, 15) is 38.7 Å². The van der Waals surface area contributed by atoms with Gasteiger partial charge in [0.1, 0.15) is 30.2 Å². The van der Waals surface area contributed by atoms with Crippen LogP contribution in [0.25, 0.3) is 0 Å². The Balaban J connectivity index is 0.0000218. The molecule has 1 aromatic heterocycles. The minimum absolute atomic E-state index is 0. The number of nitrogen functional groups attached to an aromatic ring is 1. The summed E-state index contributed by atoms with van der Waals surface area (Å²) >= 11 is 1.50. The molecule has 21 heteroatoms. The van der Waals surface area contributed by atoms with Crippen molar-refractivity contribution in [3.05, 3.63) is 22.7 Å². The van der Waals surface area contributed by atoms with Crippen LogP contribution in [-0.2, 0) is 36.8 Å². The number of carbonyl (C=O) groups excluding carboxylic acids is 1. The Morgan fingerprint density at radius 3 is 1.63 bits per heavy atom. The standard InChI is InChI=1S/C46H87N3O13P2S.2Na/c1-3-5-7-9-11-13-15-17-18-19-21-23-25-27-29-31-35-65-38-39(60-42(50)32-30-28-26-24-22-20-16-14-12-10-8-6-4-2)36-58-63(54,55)62-64(56,57)59-37-40-43(51)44(52)45(61-40)49-34-33-41(47)48-46(49)53;;/h33-34,39-40,43-45,51-52H,3-32,35-38H2,1-2H3,(H,54,55)(H,56,57)(H2,47,48,53);;/q;2*+1/p-2/t39?,40-,43-,44+,45-;;/m1../s1. The first kappa shape index (κ1) is 67.6. The minimum atomic E-state index is -5.64. The average Bonchev–Trinajstić information content (AvgIpc) is 3.54. The number of aromatic nitrogens is 2. The van der Waals surface area contributed by atoms with E-state index in [0.29, 0.717) is 6.42 Å². The Morgan fingerprint density at radius 1 is 0.731 bits per heavy atom. The molecule has 0 amide bonds. The molecule has 0 saturated carbocycles. The summed E-state index contributed by atoms with van der Waals surface area (Å²) in [5.41, 5.74) is 4.60. The number of hydrogen-bond acceptors (Lipinski definition) is 16. The Bertz CT molecular complexity index is 1540. The van der Waals surface area contributed by atoms with Crippen LogP contribution in [0.1, 0.15) is 213 Å². The van der Waals surface area contributed by atoms with Gasteiger partial charge in [0.2, 0.25) is 0 Å². The fourth-order valence-electron chi connectivity index (χ4n) is 7.84. The molecule has 1 aromatic rings. The van der Waals surface area contributed by atoms with E-state index in [4.69, 9.17) is 19.7 Å². The van der Waals surface area contributed by atoms with Crippen LogP contribution in [0.5, 0.6) is 0 Å². The average molecular weight is 1030 g/mol. The van der Waals surface area contributed by atoms with Crippen LogP contribution >= 0.6 is 27.4 Å². The number of thioether (sulfide) groups is 1. The second-order valence-corrected chi connectivity index (χ2v) is 21.7. The monoisotopic (exact) mass is 1030 g/mol. The topological polar surface area (TPSA) is 245 Å². The second kappa shape index (κ2) is 42.0. The van der Waals surface area contributed by atoms with E-state index in [1.165, 1.54) is 165 Å². The van der Waals surface area contributed by atoms with Gasteiger partial charge in [0.25, 0.3) is 15.6 Å². The number of rotatable bonds is 43. The number of phosphoric ester groups is 2. The van der Waals surface area contributed by atoms with Gasteiger partial charge in [0.15, 0.2) is 6.23 Å². The van der Waals surface area contributed by atoms with Crippen molar-refractivity contribution in [2.24, 2.45) is 0 Å². The van der Waals surface area contributed by atoms with E-state index in [1.807, 2.05) is 0 Å². The number of unbranched alkanes of at least 4 members (excludes halogenated alkanes) is 27. The maximum Gasteiger partial charge on any atom is 1.00 e. The maximum atomic E-state index is 12.9. The number of aliphatic hydroxyl groups is 2. The first-order valence-electron chi connectivity index (χ1n) is 25.0. The first-order chi connectivity index (χ1) is 31.3. The van der Waals surface area contributed by atoms with Crippen LogP contribution < -0.4 is 80.3 Å². The van der Waals surface area contributed by atoms with E-state index in [2.05, 4.69) is 27.7 Å². The van der Waals surface area contributed by atoms with Crippen molar-refractivity contribution in [3.63, 3.8) is 0 Å². The molecule has 1 aliphatic rings. The summed E-state index contributed by atoms with van der Waals surface area (Å²) in [6, 6.07) is 1.26. The third kappa shape index (κ3) is 33.9. The van der Waals surface area contributed by atoms with Crippen LogP contribution in [-0.4, -0.2) is 74.9 Å². The smallest absolute Gasteiger partial charge is 0.756 e. The van der Waals surface area contributed by atoms with Crippen molar-refractivity contribution in [3.8, 4) is 0 Å². The molecule has 67 heavy (non-hydrogen) atoms. The van der Waals surface area contributed by atoms with Gasteiger partial charge in [-0.25, -0.2) is 9.11 Å². The number of hydrogen-bond donors (Lipinski definition) is 3. The molecule has 1 aliphatic heterocycles. The van der Waals surface area contributed by atoms with Crippen LogP contribution in [0.15, 0.2) is 17.1 Å². The summed E-state index contributed by atoms with van der Waals surface area (Å²) in [6.07, 6.45) is 29.4. The van der Waals surface area contributed by atoms with Crippen LogP contribution in [0.3, 0.4) is 0 Å². The third-order valence-corrected chi connectivity index (χ3v) is 15.4. The minimum Gasteiger partial charge on any atom is -0.756 e. The Hall–Kier alpha value is 0.640. The molecule has 3 unspecified atom stereocenters. The molecule has 0 radical (unpaired) electrons. The molecular weight excluding hydrogens is 943 g/mol. The number of esters is 1. The van der Waals surface area contributed by atoms with Crippen molar-refractivity contribution in [1.29, 1.82) is 0 Å². The Morgan fingerprint density at radius 2 is 1.16 bits per heavy atom. The van der Waals surface area contributed by atoms with Crippen LogP contribution in [0.4, 0.5) is 5.82 Å². The summed E-state index contributed by atoms with van der Waals surface area (Å²) in [5, 5.41) is 20.9. The number of ether oxygens (including phenoxy) is 2. The molecule has 16 nitrogen and oxygen atoms in total. The van der Waals surface area contributed by atoms with Gasteiger partial charge in [0.05, 0.1) is 13.2 Å². The molecule has 380 valence electrons. The number of anilines is 1. The van der Waals surface area contributed by atoms with Crippen molar-refractivity contribution in [2.45, 2.75) is 237 Å². The molecule has 0 aromatic carbocycles. The summed E-state index contributed by atoms with van der Waals surface area (Å²) in [7, 11) is -11.2. The summed E-state index contributed by atoms with van der Waals surface area (Å²) in [4.78, 5) is 53.9. The third-order valence-electron chi connectivity index (χ3n) is 11.7. The predicted molar refractivity (Wildman–Crippen MR) is 254 cm³/mol. The van der Waals surface area contributed by atoms with Gasteiger partial charge in [-0.2, -0.15) is 16.7 Å². The van der Waals surface area contributed by atoms with Crippen molar-refractivity contribution in [1.82, 2.24) is 9.55 Å². The predicted octanol–water partition coefficient (Wildman–Crippen LogP) is 3.83. The first-order valence-corrected chi connectivity index (χ1v) is 29.1. The summed E-state index contributed by atoms with van der Waals surface area (Å²) in [5.74, 6) is 0.430. The van der Waals surface area contributed by atoms with Crippen molar-refractivity contribution >= 4 is 39.2 Å². The van der Waals surface area contributed by atoms with Gasteiger partial charge < -0.3 is 44.3 Å². The fraction of sp³-hybridized carbons (Fsp3) is 0.891. The van der Waals surface area contributed by atoms with E-state index < -0.39 is 71.2 Å². The number of nitrogens with two attached hydrogens (primary N) is 1. The number of aliphatic hydroxyl groups excluding tert-OH is 2. The number of phosphoric acid groups is 2. The SMILES string of the molecule is CCCCCCCCCCCCCCCCCCSCC(COP(=O)([O-])OP(=O)([O-])OC[C@H]1O[C@@H](n2ccc(N)nc2=O)[C@@H](O)[C@@H]1O)OC(=O)CCCCCCCCCCCCCCC.[Na+].[Na+]. The van der Waals surface area contributed by atoms with Gasteiger partial charge in [-0.1, -0.05) is 187 Å². The molecule has 0 bridgehead atoms. The van der Waals surface area contributed by atoms with E-state index in [0.717, 1.165) is 48.8 Å². The van der Waals surface area contributed by atoms with Gasteiger partial charge in [-0.15, -0.1) is 0 Å². The van der Waals surface area contributed by atoms with Gasteiger partial charge >= 0.3 is 70.8 Å². The maximum absolute atomic E-state index is 12.9. The molecule has 7 atom stereocenters. The quantitative estimate of drug-likeness (QED) is 0.0364. The van der Waals surface area contributed by atoms with Crippen molar-refractivity contribution < 1.29 is 116 Å². The largest absolute Gasteiger partial charge is 1.00 e. The number of carbonyl (C=O) groups is 1. The molecule has 0 aliphatic carbocycles. The molecule has 2 heterocycles. The molecule has 1 fully saturated rings. The zero-order chi connectivity index (χ0) is 47.6. The van der Waals surface area contributed by atoms with Gasteiger partial charge in [-0.05, 0) is 24.7 Å². The zero-order valence-electron chi connectivity index (χ0n) is 41.7. The van der Waals surface area contributed by atoms with E-state index in [1.54, 1.807) is 0 Å². The molecule has 4 N–H and O–H groups in total. The summed E-state index contributed by atoms with van der Waals surface area (Å²) < 4.78 is 51.0.